The van der Waals surface area contributed by atoms with E-state index in [0.29, 0.717) is 54.5 Å². The zero-order chi connectivity index (χ0) is 41.3. The summed E-state index contributed by atoms with van der Waals surface area (Å²) in [5.74, 6) is 0.0673. The molecule has 3 atom stereocenters. The van der Waals surface area contributed by atoms with E-state index in [2.05, 4.69) is 55.9 Å². The molecular formula is C42H52ClN9O4S2. The Morgan fingerprint density at radius 2 is 1.53 bits per heavy atom. The number of unbranched alkanes of at least 4 members (excludes halogenated alkanes) is 4. The van der Waals surface area contributed by atoms with Crippen LogP contribution in [-0.4, -0.2) is 66.0 Å². The summed E-state index contributed by atoms with van der Waals surface area (Å²) in [4.78, 5) is 61.1. The largest absolute Gasteiger partial charge is 0.359 e. The third-order valence-corrected chi connectivity index (χ3v) is 12.9. The maximum Gasteiger partial charge on any atom is 0.255 e. The number of aliphatic imine (C=N–C) groups is 1. The first-order valence-electron chi connectivity index (χ1n) is 19.8. The van der Waals surface area contributed by atoms with Crippen LogP contribution in [0.5, 0.6) is 0 Å². The molecule has 6 N–H and O–H groups in total. The maximum absolute atomic E-state index is 13.3. The van der Waals surface area contributed by atoms with Crippen LogP contribution >= 0.6 is 34.7 Å². The van der Waals surface area contributed by atoms with Crippen LogP contribution in [0.25, 0.3) is 0 Å². The Kier molecular flexibility index (Phi) is 14.5. The van der Waals surface area contributed by atoms with Gasteiger partial charge in [-0.05, 0) is 77.3 Å². The van der Waals surface area contributed by atoms with Gasteiger partial charge in [-0.25, -0.2) is 0 Å². The van der Waals surface area contributed by atoms with Gasteiger partial charge in [0.25, 0.3) is 5.91 Å². The zero-order valence-corrected chi connectivity index (χ0v) is 36.0. The molecule has 0 radical (unpaired) electrons. The van der Waals surface area contributed by atoms with Crippen molar-refractivity contribution in [3.05, 3.63) is 91.3 Å². The summed E-state index contributed by atoms with van der Waals surface area (Å²) in [6.45, 7) is 10.8. The van der Waals surface area contributed by atoms with Crippen LogP contribution in [0.2, 0.25) is 5.02 Å². The summed E-state index contributed by atoms with van der Waals surface area (Å²) in [5.41, 5.74) is 8.80. The number of para-hydroxylation sites is 1. The summed E-state index contributed by atoms with van der Waals surface area (Å²) in [7, 11) is 0. The number of nitrogens with one attached hydrogen (secondary N) is 6. The van der Waals surface area contributed by atoms with Crippen molar-refractivity contribution in [2.75, 3.05) is 23.3 Å². The van der Waals surface area contributed by atoms with E-state index in [1.807, 2.05) is 45.0 Å². The molecule has 4 amide bonds. The van der Waals surface area contributed by atoms with E-state index >= 15 is 0 Å². The highest BCUT2D eigenvalue weighted by atomic mass is 35.5. The van der Waals surface area contributed by atoms with E-state index in [0.717, 1.165) is 63.7 Å². The van der Waals surface area contributed by atoms with E-state index < -0.39 is 6.04 Å². The third-order valence-electron chi connectivity index (χ3n) is 10.4. The van der Waals surface area contributed by atoms with Gasteiger partial charge >= 0.3 is 0 Å². The quantitative estimate of drug-likeness (QED) is 0.0799. The zero-order valence-electron chi connectivity index (χ0n) is 33.6. The summed E-state index contributed by atoms with van der Waals surface area (Å²) in [6, 6.07) is 14.1. The lowest BCUT2D eigenvalue weighted by molar-refractivity contribution is -0.123. The second-order valence-corrected chi connectivity index (χ2v) is 17.6. The van der Waals surface area contributed by atoms with Gasteiger partial charge in [0.1, 0.15) is 17.2 Å². The van der Waals surface area contributed by atoms with Crippen molar-refractivity contribution in [1.82, 2.24) is 26.7 Å². The van der Waals surface area contributed by atoms with Gasteiger partial charge in [-0.2, -0.15) is 5.10 Å². The number of hydrogen-bond donors (Lipinski definition) is 6. The van der Waals surface area contributed by atoms with Gasteiger partial charge in [0.05, 0.1) is 23.4 Å². The number of fused-ring (bicyclic) bond motifs is 3. The summed E-state index contributed by atoms with van der Waals surface area (Å²) in [5, 5.41) is 21.3. The van der Waals surface area contributed by atoms with Gasteiger partial charge < -0.3 is 26.6 Å². The van der Waals surface area contributed by atoms with Crippen molar-refractivity contribution in [3.63, 3.8) is 0 Å². The number of halogens is 1. The highest BCUT2D eigenvalue weighted by molar-refractivity contribution is 8.03. The highest BCUT2D eigenvalue weighted by Gasteiger charge is 2.39. The smallest absolute Gasteiger partial charge is 0.255 e. The minimum atomic E-state index is -0.522. The van der Waals surface area contributed by atoms with Crippen LogP contribution in [0.4, 0.5) is 10.7 Å². The molecule has 0 spiro atoms. The first-order valence-corrected chi connectivity index (χ1v) is 21.9. The first-order chi connectivity index (χ1) is 27.9. The molecule has 13 nitrogen and oxygen atoms in total. The number of benzene rings is 2. The molecule has 3 aliphatic heterocycles. The molecule has 1 aromatic heterocycles. The number of nitrogens with zero attached hydrogens (tertiary/aromatic N) is 3. The van der Waals surface area contributed by atoms with E-state index in [4.69, 9.17) is 16.6 Å². The molecule has 3 aromatic rings. The van der Waals surface area contributed by atoms with Crippen LogP contribution in [-0.2, 0) is 14.4 Å². The first kappa shape index (κ1) is 42.7. The van der Waals surface area contributed by atoms with Gasteiger partial charge in [-0.3, -0.25) is 34.5 Å². The molecule has 0 saturated carbocycles. The van der Waals surface area contributed by atoms with Crippen LogP contribution in [0, 0.1) is 13.8 Å². The molecule has 0 saturated heterocycles. The van der Waals surface area contributed by atoms with Gasteiger partial charge in [-0.15, -0.1) is 11.3 Å². The number of allylic oxidation sites excluding steroid dienone is 2. The van der Waals surface area contributed by atoms with E-state index in [9.17, 15) is 19.2 Å². The molecule has 16 heteroatoms. The lowest BCUT2D eigenvalue weighted by Gasteiger charge is -2.24. The Morgan fingerprint density at radius 3 is 2.24 bits per heavy atom. The Balaban J connectivity index is 0.878. The Labute approximate surface area is 353 Å². The predicted molar refractivity (Wildman–Crippen MR) is 236 cm³/mol. The van der Waals surface area contributed by atoms with Crippen molar-refractivity contribution in [2.45, 2.75) is 104 Å². The van der Waals surface area contributed by atoms with Crippen LogP contribution < -0.4 is 36.9 Å². The van der Waals surface area contributed by atoms with Gasteiger partial charge in [0, 0.05) is 57.6 Å². The summed E-state index contributed by atoms with van der Waals surface area (Å²) < 4.78 is 0. The normalized spacial score (nSPS) is 18.2. The maximum atomic E-state index is 13.3. The number of amides is 4. The van der Waals surface area contributed by atoms with E-state index in [1.54, 1.807) is 47.4 Å². The molecule has 58 heavy (non-hydrogen) atoms. The number of carbonyl (C=O) groups is 4. The SMILES string of the molecule is CC1=C(C)SC(NC(=O)c2ccccc2NC(=O)CCCCCCCC(=O)NCCNC(=O)C[C@@H]2N=C(c3ccc(Cl)cc3)c3c(sc(C)c3C)N3C2=NNC3C)N1. The van der Waals surface area contributed by atoms with Crippen molar-refractivity contribution >= 4 is 80.6 Å². The fourth-order valence-corrected chi connectivity index (χ4v) is 9.35. The topological polar surface area (TPSA) is 168 Å². The standard InChI is InChI=1S/C42H52ClN9O4S2/c1-24-26(3)57-41-37(24)38(29-17-19-30(43)20-18-29)48-33(39-51-50-28(5)52(39)41)23-36(55)45-22-21-44-34(53)15-9-7-6-8-10-16-35(54)47-32-14-12-11-13-31(32)40(56)49-42-46-25(2)27(4)58-42/h11-14,17-20,28,33,42,46,50H,6-10,15-16,21-23H2,1-5H3,(H,44,53)(H,45,55)(H,47,54)(H,49,56)/t28?,33-,42?/m0/s1. The minimum absolute atomic E-state index is 0.0611. The Morgan fingerprint density at radius 1 is 0.862 bits per heavy atom. The van der Waals surface area contributed by atoms with E-state index in [1.165, 1.54) is 4.88 Å². The average molecular weight is 847 g/mol. The molecule has 2 unspecified atom stereocenters. The molecule has 0 fully saturated rings. The minimum Gasteiger partial charge on any atom is -0.359 e. The Hall–Kier alpha value is -4.86. The molecule has 3 aliphatic rings. The van der Waals surface area contributed by atoms with E-state index in [-0.39, 0.29) is 41.7 Å². The second-order valence-electron chi connectivity index (χ2n) is 14.7. The number of hydrogen-bond acceptors (Lipinski definition) is 11. The van der Waals surface area contributed by atoms with Crippen LogP contribution in [0.1, 0.15) is 104 Å². The fraction of sp³-hybridized carbons (Fsp3) is 0.429. The molecule has 6 rings (SSSR count). The summed E-state index contributed by atoms with van der Waals surface area (Å²) in [6.07, 6.45) is 4.83. The molecular weight excluding hydrogens is 794 g/mol. The number of anilines is 2. The average Bonchev–Trinajstić information content (AvgIpc) is 3.80. The Bertz CT molecular complexity index is 2100. The number of amidine groups is 1. The number of rotatable bonds is 17. The number of hydrazone groups is 1. The fourth-order valence-electron chi connectivity index (χ4n) is 6.98. The molecule has 308 valence electrons. The highest BCUT2D eigenvalue weighted by Crippen LogP contribution is 2.42. The number of thiophene rings is 1. The van der Waals surface area contributed by atoms with Crippen molar-refractivity contribution in [1.29, 1.82) is 0 Å². The lowest BCUT2D eigenvalue weighted by Crippen LogP contribution is -2.43. The number of thioether (sulfide) groups is 1. The van der Waals surface area contributed by atoms with Gasteiger partial charge in [-0.1, -0.05) is 66.9 Å². The molecule has 4 heterocycles. The third kappa shape index (κ3) is 10.6. The molecule has 0 aliphatic carbocycles. The van der Waals surface area contributed by atoms with Gasteiger partial charge in [0.15, 0.2) is 11.3 Å². The number of aryl methyl sites for hydroxylation is 1. The lowest BCUT2D eigenvalue weighted by atomic mass is 9.99. The summed E-state index contributed by atoms with van der Waals surface area (Å²) >= 11 is 9.47. The second kappa shape index (κ2) is 19.7. The van der Waals surface area contributed by atoms with Gasteiger partial charge in [0.2, 0.25) is 17.7 Å². The van der Waals surface area contributed by atoms with Crippen LogP contribution in [0.3, 0.4) is 0 Å². The predicted octanol–water partition coefficient (Wildman–Crippen LogP) is 6.90. The molecule has 2 aromatic carbocycles. The molecule has 0 bridgehead atoms. The van der Waals surface area contributed by atoms with Crippen molar-refractivity contribution in [3.8, 4) is 0 Å². The monoisotopic (exact) mass is 845 g/mol. The number of carbonyl (C=O) groups excluding carboxylic acids is 4. The van der Waals surface area contributed by atoms with Crippen molar-refractivity contribution < 1.29 is 19.2 Å². The van der Waals surface area contributed by atoms with Crippen LogP contribution in [0.15, 0.2) is 69.2 Å². The van der Waals surface area contributed by atoms with Crippen molar-refractivity contribution in [2.24, 2.45) is 10.1 Å².